The fraction of sp³-hybridized carbons (Fsp3) is 0.579. The highest BCUT2D eigenvalue weighted by Gasteiger charge is 2.34. The average molecular weight is 374 g/mol. The Morgan fingerprint density at radius 1 is 0.962 bits per heavy atom. The molecule has 2 heterocycles. The van der Waals surface area contributed by atoms with Crippen LogP contribution < -0.4 is 0 Å². The quantitative estimate of drug-likeness (QED) is 0.702. The molecule has 2 aromatic heterocycles. The van der Waals surface area contributed by atoms with E-state index in [1.54, 1.807) is 26.0 Å². The second-order valence-electron chi connectivity index (χ2n) is 7.57. The maximum absolute atomic E-state index is 12.4. The van der Waals surface area contributed by atoms with Gasteiger partial charge in [0.05, 0.1) is 6.42 Å². The van der Waals surface area contributed by atoms with E-state index in [0.29, 0.717) is 35.7 Å². The Morgan fingerprint density at radius 2 is 1.58 bits per heavy atom. The van der Waals surface area contributed by atoms with Crippen LogP contribution in [-0.4, -0.2) is 16.4 Å². The van der Waals surface area contributed by atoms with Gasteiger partial charge >= 0.3 is 6.18 Å². The number of halogens is 3. The van der Waals surface area contributed by atoms with Gasteiger partial charge in [0.15, 0.2) is 0 Å². The minimum atomic E-state index is -4.47. The Balaban J connectivity index is 2.06. The molecule has 0 saturated carbocycles. The lowest BCUT2D eigenvalue weighted by Crippen LogP contribution is -2.19. The monoisotopic (exact) mass is 374 g/mol. The summed E-state index contributed by atoms with van der Waals surface area (Å²) in [6.45, 7) is 7.35. The molecule has 26 heavy (non-hydrogen) atoms. The Labute approximate surface area is 150 Å². The van der Waals surface area contributed by atoms with Crippen LogP contribution in [0.3, 0.4) is 0 Å². The highest BCUT2D eigenvalue weighted by atomic mass is 19.4. The maximum Gasteiger partial charge on any atom is 0.392 e. The van der Waals surface area contributed by atoms with Crippen molar-refractivity contribution in [2.75, 3.05) is 0 Å². The van der Waals surface area contributed by atoms with Gasteiger partial charge in [0.1, 0.15) is 35.2 Å². The molecule has 2 rings (SSSR count). The van der Waals surface area contributed by atoms with Gasteiger partial charge in [-0.25, -0.2) is 0 Å². The van der Waals surface area contributed by atoms with E-state index in [1.807, 2.05) is 13.8 Å². The largest absolute Gasteiger partial charge is 0.464 e. The first-order valence-corrected chi connectivity index (χ1v) is 8.45. The SMILES string of the molecule is Cc1ccc(C(O)CC(C)(C)Cc2cc(C(O)CC(F)(F)F)oc2C)o1. The van der Waals surface area contributed by atoms with Crippen molar-refractivity contribution in [1.29, 1.82) is 0 Å². The molecule has 7 heteroatoms. The summed E-state index contributed by atoms with van der Waals surface area (Å²) >= 11 is 0. The number of aliphatic hydroxyl groups is 2. The van der Waals surface area contributed by atoms with Gasteiger partial charge in [-0.15, -0.1) is 0 Å². The third kappa shape index (κ3) is 5.64. The molecule has 2 atom stereocenters. The Kier molecular flexibility index (Phi) is 5.92. The highest BCUT2D eigenvalue weighted by molar-refractivity contribution is 5.23. The summed E-state index contributed by atoms with van der Waals surface area (Å²) in [6, 6.07) is 4.97. The first kappa shape index (κ1) is 20.6. The van der Waals surface area contributed by atoms with Crippen LogP contribution in [0.25, 0.3) is 0 Å². The van der Waals surface area contributed by atoms with Crippen LogP contribution in [0.15, 0.2) is 27.0 Å². The van der Waals surface area contributed by atoms with Crippen molar-refractivity contribution in [1.82, 2.24) is 0 Å². The molecule has 0 fully saturated rings. The summed E-state index contributed by atoms with van der Waals surface area (Å²) in [5, 5.41) is 20.1. The summed E-state index contributed by atoms with van der Waals surface area (Å²) in [5.41, 5.74) is 0.357. The van der Waals surface area contributed by atoms with Crippen molar-refractivity contribution in [3.8, 4) is 0 Å². The van der Waals surface area contributed by atoms with Crippen LogP contribution in [0.4, 0.5) is 13.2 Å². The van der Waals surface area contributed by atoms with E-state index in [-0.39, 0.29) is 11.2 Å². The van der Waals surface area contributed by atoms with E-state index in [9.17, 15) is 23.4 Å². The zero-order valence-electron chi connectivity index (χ0n) is 15.4. The standard InChI is InChI=1S/C19H25F3O4/c1-11-5-6-16(25-11)14(23)9-18(3,4)8-13-7-17(26-12(13)2)15(24)10-19(20,21)22/h5-7,14-15,23-24H,8-10H2,1-4H3. The Hall–Kier alpha value is -1.73. The molecule has 0 radical (unpaired) electrons. The van der Waals surface area contributed by atoms with E-state index in [4.69, 9.17) is 8.83 Å². The van der Waals surface area contributed by atoms with Crippen LogP contribution in [0, 0.1) is 19.3 Å². The predicted octanol–water partition coefficient (Wildman–Crippen LogP) is 5.17. The number of furan rings is 2. The number of alkyl halides is 3. The van der Waals surface area contributed by atoms with E-state index in [1.165, 1.54) is 6.07 Å². The zero-order valence-corrected chi connectivity index (χ0v) is 15.4. The number of aliphatic hydroxyl groups excluding tert-OH is 2. The zero-order chi connectivity index (χ0) is 19.7. The maximum atomic E-state index is 12.4. The topological polar surface area (TPSA) is 66.7 Å². The van der Waals surface area contributed by atoms with Crippen molar-refractivity contribution in [3.63, 3.8) is 0 Å². The molecule has 2 aromatic rings. The normalized spacial score (nSPS) is 15.3. The lowest BCUT2D eigenvalue weighted by atomic mass is 9.80. The van der Waals surface area contributed by atoms with Crippen LogP contribution in [0.1, 0.15) is 67.5 Å². The van der Waals surface area contributed by atoms with Gasteiger partial charge in [0.2, 0.25) is 0 Å². The van der Waals surface area contributed by atoms with E-state index in [2.05, 4.69) is 0 Å². The van der Waals surface area contributed by atoms with Crippen LogP contribution in [0.2, 0.25) is 0 Å². The molecule has 2 unspecified atom stereocenters. The van der Waals surface area contributed by atoms with Crippen LogP contribution in [0.5, 0.6) is 0 Å². The van der Waals surface area contributed by atoms with E-state index in [0.717, 1.165) is 0 Å². The fourth-order valence-electron chi connectivity index (χ4n) is 3.05. The second-order valence-corrected chi connectivity index (χ2v) is 7.57. The molecule has 0 amide bonds. The molecule has 2 N–H and O–H groups in total. The summed E-state index contributed by atoms with van der Waals surface area (Å²) in [7, 11) is 0. The lowest BCUT2D eigenvalue weighted by molar-refractivity contribution is -0.156. The third-order valence-corrected chi connectivity index (χ3v) is 4.30. The predicted molar refractivity (Wildman–Crippen MR) is 89.6 cm³/mol. The Morgan fingerprint density at radius 3 is 2.12 bits per heavy atom. The molecule has 0 bridgehead atoms. The molecule has 0 saturated heterocycles. The molecule has 0 aliphatic carbocycles. The summed E-state index contributed by atoms with van der Waals surface area (Å²) in [4.78, 5) is 0. The van der Waals surface area contributed by atoms with Gasteiger partial charge in [0.25, 0.3) is 0 Å². The molecule has 0 aliphatic rings. The van der Waals surface area contributed by atoms with Gasteiger partial charge < -0.3 is 19.0 Å². The molecule has 0 aliphatic heterocycles. The first-order chi connectivity index (χ1) is 11.9. The number of aryl methyl sites for hydroxylation is 2. The molecular weight excluding hydrogens is 349 g/mol. The minimum Gasteiger partial charge on any atom is -0.464 e. The minimum absolute atomic E-state index is 0.0900. The third-order valence-electron chi connectivity index (χ3n) is 4.30. The molecular formula is C19H25F3O4. The van der Waals surface area contributed by atoms with Gasteiger partial charge in [-0.05, 0) is 55.9 Å². The summed E-state index contributed by atoms with van der Waals surface area (Å²) in [6.07, 6.45) is -7.42. The molecule has 146 valence electrons. The molecule has 0 spiro atoms. The van der Waals surface area contributed by atoms with Crippen molar-refractivity contribution in [3.05, 3.63) is 46.8 Å². The van der Waals surface area contributed by atoms with Crippen LogP contribution in [-0.2, 0) is 6.42 Å². The summed E-state index contributed by atoms with van der Waals surface area (Å²) in [5.74, 6) is 1.58. The van der Waals surface area contributed by atoms with Crippen molar-refractivity contribution in [2.45, 2.75) is 65.3 Å². The van der Waals surface area contributed by atoms with Gasteiger partial charge in [-0.3, -0.25) is 0 Å². The number of rotatable bonds is 7. The second kappa shape index (κ2) is 7.48. The molecule has 4 nitrogen and oxygen atoms in total. The Bertz CT molecular complexity index is 727. The number of hydrogen-bond donors (Lipinski definition) is 2. The van der Waals surface area contributed by atoms with E-state index < -0.39 is 24.8 Å². The smallest absolute Gasteiger partial charge is 0.392 e. The average Bonchev–Trinajstić information content (AvgIpc) is 3.03. The molecule has 0 aromatic carbocycles. The highest BCUT2D eigenvalue weighted by Crippen LogP contribution is 2.37. The summed E-state index contributed by atoms with van der Waals surface area (Å²) < 4.78 is 48.1. The van der Waals surface area contributed by atoms with Crippen molar-refractivity contribution in [2.24, 2.45) is 5.41 Å². The number of hydrogen-bond acceptors (Lipinski definition) is 4. The van der Waals surface area contributed by atoms with Gasteiger partial charge in [-0.2, -0.15) is 13.2 Å². The van der Waals surface area contributed by atoms with Crippen molar-refractivity contribution >= 4 is 0 Å². The lowest BCUT2D eigenvalue weighted by Gasteiger charge is -2.26. The van der Waals surface area contributed by atoms with Gasteiger partial charge in [-0.1, -0.05) is 13.8 Å². The van der Waals surface area contributed by atoms with E-state index >= 15 is 0 Å². The van der Waals surface area contributed by atoms with Crippen molar-refractivity contribution < 1.29 is 32.2 Å². The fourth-order valence-corrected chi connectivity index (χ4v) is 3.05. The van der Waals surface area contributed by atoms with Crippen LogP contribution >= 0.6 is 0 Å². The van der Waals surface area contributed by atoms with Gasteiger partial charge in [0, 0.05) is 0 Å². The first-order valence-electron chi connectivity index (χ1n) is 8.45.